The average molecular weight is 442 g/mol. The third kappa shape index (κ3) is 4.46. The smallest absolute Gasteiger partial charge is 0.115 e. The summed E-state index contributed by atoms with van der Waals surface area (Å²) in [5, 5.41) is 0. The molecule has 0 saturated carbocycles. The maximum Gasteiger partial charge on any atom is 0.115 e. The molecule has 1 aliphatic rings. The molecule has 0 fully saturated rings. The van der Waals surface area contributed by atoms with Crippen molar-refractivity contribution in [2.75, 3.05) is 0 Å². The van der Waals surface area contributed by atoms with Gasteiger partial charge < -0.3 is 0 Å². The molecule has 1 atom stereocenters. The fourth-order valence-electron chi connectivity index (χ4n) is 3.52. The quantitative estimate of drug-likeness (QED) is 0.427. The van der Waals surface area contributed by atoms with Gasteiger partial charge in [0.05, 0.1) is 0 Å². The Balaban J connectivity index is 0.00000261. The first-order valence-electron chi connectivity index (χ1n) is 8.85. The van der Waals surface area contributed by atoms with E-state index in [1.807, 2.05) is 31.2 Å². The molecule has 2 aromatic carbocycles. The van der Waals surface area contributed by atoms with Crippen molar-refractivity contribution in [2.24, 2.45) is 0 Å². The van der Waals surface area contributed by atoms with Crippen LogP contribution in [0, 0.1) is 0 Å². The van der Waals surface area contributed by atoms with Crippen molar-refractivity contribution in [3.63, 3.8) is 0 Å². The van der Waals surface area contributed by atoms with E-state index in [0.717, 1.165) is 22.3 Å². The van der Waals surface area contributed by atoms with E-state index in [-0.39, 0.29) is 32.1 Å². The predicted octanol–water partition coefficient (Wildman–Crippen LogP) is 7.31. The number of alkyl halides is 2. The summed E-state index contributed by atoms with van der Waals surface area (Å²) >= 11 is 0. The van der Waals surface area contributed by atoms with E-state index < -0.39 is 13.3 Å². The van der Waals surface area contributed by atoms with E-state index in [9.17, 15) is 8.78 Å². The van der Waals surface area contributed by atoms with Gasteiger partial charge in [0.1, 0.15) is 13.3 Å². The van der Waals surface area contributed by atoms with Crippen LogP contribution in [0.15, 0.2) is 65.8 Å². The molecule has 0 heterocycles. The van der Waals surface area contributed by atoms with Crippen LogP contribution < -0.4 is 0 Å². The number of allylic oxidation sites excluding steroid dienone is 4. The van der Waals surface area contributed by atoms with Gasteiger partial charge in [-0.1, -0.05) is 59.7 Å². The van der Waals surface area contributed by atoms with Crippen molar-refractivity contribution in [1.82, 2.24) is 0 Å². The molecule has 2 aromatic rings. The van der Waals surface area contributed by atoms with E-state index in [2.05, 4.69) is 38.6 Å². The summed E-state index contributed by atoms with van der Waals surface area (Å²) in [5.74, 6) is 0.214. The Hall–Kier alpha value is -1.60. The van der Waals surface area contributed by atoms with Gasteiger partial charge in [0.15, 0.2) is 0 Å². The molecule has 1 aliphatic carbocycles. The average Bonchev–Trinajstić information content (AvgIpc) is 2.96. The van der Waals surface area contributed by atoms with Gasteiger partial charge in [-0.2, -0.15) is 0 Å². The summed E-state index contributed by atoms with van der Waals surface area (Å²) in [6.07, 6.45) is 4.43. The van der Waals surface area contributed by atoms with Crippen molar-refractivity contribution in [3.8, 4) is 11.1 Å². The zero-order chi connectivity index (χ0) is 18.8. The van der Waals surface area contributed by atoms with Crippen LogP contribution in [0.3, 0.4) is 0 Å². The van der Waals surface area contributed by atoms with E-state index in [4.69, 9.17) is 0 Å². The van der Waals surface area contributed by atoms with Gasteiger partial charge in [-0.05, 0) is 66.3 Å². The Morgan fingerprint density at radius 1 is 1.07 bits per heavy atom. The van der Waals surface area contributed by atoms with Crippen LogP contribution in [0.1, 0.15) is 48.9 Å². The molecule has 0 saturated heterocycles. The minimum absolute atomic E-state index is 0. The van der Waals surface area contributed by atoms with E-state index in [0.29, 0.717) is 11.1 Å². The van der Waals surface area contributed by atoms with Gasteiger partial charge in [-0.15, -0.1) is 0 Å². The van der Waals surface area contributed by atoms with Crippen molar-refractivity contribution in [3.05, 3.63) is 88.0 Å². The molecule has 138 valence electrons. The van der Waals surface area contributed by atoms with Crippen LogP contribution >= 0.6 is 0 Å². The fourth-order valence-corrected chi connectivity index (χ4v) is 3.52. The topological polar surface area (TPSA) is 0 Å². The van der Waals surface area contributed by atoms with Crippen LogP contribution in [0.4, 0.5) is 8.78 Å². The van der Waals surface area contributed by atoms with Gasteiger partial charge in [-0.3, -0.25) is 0 Å². The Labute approximate surface area is 179 Å². The Kier molecular flexibility index (Phi) is 7.28. The molecule has 27 heavy (non-hydrogen) atoms. The molecule has 0 spiro atoms. The molecule has 0 N–H and O–H groups in total. The Morgan fingerprint density at radius 2 is 1.70 bits per heavy atom. The SMILES string of the molecule is C=C(C)C(C)=CC1C(C)=Cc2c(-c3cc(CF)cc(CF)c3)cccc21.[Zr]. The van der Waals surface area contributed by atoms with E-state index in [1.54, 1.807) is 6.07 Å². The maximum atomic E-state index is 13.2. The van der Waals surface area contributed by atoms with Crippen molar-refractivity contribution < 1.29 is 35.0 Å². The number of hydrogen-bond donors (Lipinski definition) is 0. The normalized spacial score (nSPS) is 15.8. The molecular weight excluding hydrogens is 417 g/mol. The minimum atomic E-state index is -0.589. The van der Waals surface area contributed by atoms with Gasteiger partial charge in [-0.25, -0.2) is 8.78 Å². The second-order valence-corrected chi connectivity index (χ2v) is 7.11. The summed E-state index contributed by atoms with van der Waals surface area (Å²) < 4.78 is 26.4. The van der Waals surface area contributed by atoms with Crippen LogP contribution in [-0.4, -0.2) is 0 Å². The first-order valence-corrected chi connectivity index (χ1v) is 8.85. The summed E-state index contributed by atoms with van der Waals surface area (Å²) in [6, 6.07) is 11.4. The van der Waals surface area contributed by atoms with E-state index in [1.165, 1.54) is 16.7 Å². The van der Waals surface area contributed by atoms with Gasteiger partial charge >= 0.3 is 0 Å². The molecule has 1 unspecified atom stereocenters. The number of halogens is 2. The standard InChI is InChI=1S/C24H24F2.Zr/c1-15(2)16(3)8-23-17(4)9-24-21(6-5-7-22(23)24)20-11-18(13-25)10-19(12-20)14-26;/h5-12,23H,1,13-14H2,2-4H3;. The zero-order valence-corrected chi connectivity index (χ0v) is 18.5. The summed E-state index contributed by atoms with van der Waals surface area (Å²) in [7, 11) is 0. The molecule has 0 nitrogen and oxygen atoms in total. The third-order valence-corrected chi connectivity index (χ3v) is 5.10. The van der Waals surface area contributed by atoms with Crippen molar-refractivity contribution in [1.29, 1.82) is 0 Å². The number of fused-ring (bicyclic) bond motifs is 1. The van der Waals surface area contributed by atoms with Crippen molar-refractivity contribution >= 4 is 6.08 Å². The molecule has 0 aromatic heterocycles. The summed E-state index contributed by atoms with van der Waals surface area (Å²) in [4.78, 5) is 0. The summed E-state index contributed by atoms with van der Waals surface area (Å²) in [6.45, 7) is 9.06. The number of rotatable bonds is 5. The van der Waals surface area contributed by atoms with Crippen LogP contribution in [-0.2, 0) is 39.6 Å². The molecule has 3 heteroatoms. The van der Waals surface area contributed by atoms with Crippen LogP contribution in [0.25, 0.3) is 17.2 Å². The van der Waals surface area contributed by atoms with Crippen LogP contribution in [0.5, 0.6) is 0 Å². The fraction of sp³-hybridized carbons (Fsp3) is 0.250. The molecule has 3 rings (SSSR count). The zero-order valence-electron chi connectivity index (χ0n) is 16.1. The number of hydrogen-bond acceptors (Lipinski definition) is 0. The molecule has 0 radical (unpaired) electrons. The Bertz CT molecular complexity index is 900. The monoisotopic (exact) mass is 440 g/mol. The van der Waals surface area contributed by atoms with Crippen molar-refractivity contribution in [2.45, 2.75) is 40.0 Å². The largest absolute Gasteiger partial charge is 0.246 e. The number of benzene rings is 2. The van der Waals surface area contributed by atoms with E-state index >= 15 is 0 Å². The molecule has 0 aliphatic heterocycles. The molecular formula is C24H24F2Zr. The second-order valence-electron chi connectivity index (χ2n) is 7.11. The van der Waals surface area contributed by atoms with Crippen LogP contribution in [0.2, 0.25) is 0 Å². The van der Waals surface area contributed by atoms with Gasteiger partial charge in [0.2, 0.25) is 0 Å². The third-order valence-electron chi connectivity index (χ3n) is 5.10. The second kappa shape index (κ2) is 9.06. The predicted molar refractivity (Wildman–Crippen MR) is 106 cm³/mol. The summed E-state index contributed by atoms with van der Waals surface area (Å²) in [5.41, 5.74) is 8.80. The minimum Gasteiger partial charge on any atom is -0.246 e. The first kappa shape index (κ1) is 21.7. The van der Waals surface area contributed by atoms with Gasteiger partial charge in [0.25, 0.3) is 0 Å². The van der Waals surface area contributed by atoms with Gasteiger partial charge in [0, 0.05) is 32.1 Å². The Morgan fingerprint density at radius 3 is 2.26 bits per heavy atom. The maximum absolute atomic E-state index is 13.2. The molecule has 0 bridgehead atoms. The first-order chi connectivity index (χ1) is 12.4. The molecule has 0 amide bonds.